The summed E-state index contributed by atoms with van der Waals surface area (Å²) in [5.41, 5.74) is 8.20. The van der Waals surface area contributed by atoms with Crippen molar-refractivity contribution in [1.29, 1.82) is 0 Å². The van der Waals surface area contributed by atoms with Crippen LogP contribution in [-0.2, 0) is 24.2 Å². The summed E-state index contributed by atoms with van der Waals surface area (Å²) in [7, 11) is 0. The van der Waals surface area contributed by atoms with E-state index < -0.39 is 0 Å². The van der Waals surface area contributed by atoms with Crippen LogP contribution in [-0.4, -0.2) is 38.8 Å². The van der Waals surface area contributed by atoms with E-state index in [2.05, 4.69) is 63.2 Å². The molecule has 0 bridgehead atoms. The van der Waals surface area contributed by atoms with Crippen LogP contribution < -0.4 is 5.32 Å². The van der Waals surface area contributed by atoms with Gasteiger partial charge in [0.25, 0.3) is 0 Å². The average molecular weight is 542 g/mol. The summed E-state index contributed by atoms with van der Waals surface area (Å²) in [6, 6.07) is 18.2. The molecule has 0 radical (unpaired) electrons. The number of pyridine rings is 1. The van der Waals surface area contributed by atoms with Gasteiger partial charge in [-0.1, -0.05) is 47.1 Å². The molecule has 1 amide bonds. The Balaban J connectivity index is 1.42. The van der Waals surface area contributed by atoms with Crippen LogP contribution in [0.25, 0.3) is 22.6 Å². The van der Waals surface area contributed by atoms with Crippen LogP contribution in [0.5, 0.6) is 0 Å². The maximum absolute atomic E-state index is 12.9. The van der Waals surface area contributed by atoms with Crippen molar-refractivity contribution < 1.29 is 4.79 Å². The minimum Gasteiger partial charge on any atom is -0.325 e. The zero-order valence-electron chi connectivity index (χ0n) is 20.5. The highest BCUT2D eigenvalue weighted by molar-refractivity contribution is 9.10. The molecule has 0 fully saturated rings. The van der Waals surface area contributed by atoms with E-state index in [-0.39, 0.29) is 5.91 Å². The predicted octanol–water partition coefficient (Wildman–Crippen LogP) is 5.84. The maximum Gasteiger partial charge on any atom is 0.238 e. The Morgan fingerprint density at radius 2 is 1.97 bits per heavy atom. The molecule has 7 heteroatoms. The van der Waals surface area contributed by atoms with E-state index in [4.69, 9.17) is 9.97 Å². The molecule has 0 unspecified atom stereocenters. The van der Waals surface area contributed by atoms with Gasteiger partial charge in [-0.3, -0.25) is 14.7 Å². The Kier molecular flexibility index (Phi) is 7.20. The van der Waals surface area contributed by atoms with Crippen molar-refractivity contribution in [2.24, 2.45) is 0 Å². The smallest absolute Gasteiger partial charge is 0.238 e. The monoisotopic (exact) mass is 541 g/mol. The number of nitrogens with zero attached hydrogens (tertiary/aromatic N) is 4. The van der Waals surface area contributed by atoms with Gasteiger partial charge in [0.05, 0.1) is 17.9 Å². The molecule has 182 valence electrons. The molecule has 1 aliphatic heterocycles. The summed E-state index contributed by atoms with van der Waals surface area (Å²) in [4.78, 5) is 29.3. The normalized spacial score (nSPS) is 13.3. The van der Waals surface area contributed by atoms with Crippen molar-refractivity contribution in [3.63, 3.8) is 0 Å². The van der Waals surface area contributed by atoms with Crippen molar-refractivity contribution in [3.8, 4) is 22.6 Å². The van der Waals surface area contributed by atoms with Crippen LogP contribution in [0.2, 0.25) is 0 Å². The first kappa shape index (κ1) is 24.3. The molecule has 4 aromatic rings. The largest absolute Gasteiger partial charge is 0.325 e. The number of aryl methyl sites for hydroxylation is 2. The predicted molar refractivity (Wildman–Crippen MR) is 147 cm³/mol. The number of amides is 1. The van der Waals surface area contributed by atoms with Gasteiger partial charge in [0.2, 0.25) is 5.91 Å². The number of nitrogens with one attached hydrogen (secondary N) is 1. The van der Waals surface area contributed by atoms with Crippen LogP contribution in [0.4, 0.5) is 5.69 Å². The number of aromatic nitrogens is 3. The van der Waals surface area contributed by atoms with Crippen LogP contribution in [0.3, 0.4) is 0 Å². The second kappa shape index (κ2) is 10.7. The molecular weight excluding hydrogens is 514 g/mol. The van der Waals surface area contributed by atoms with Gasteiger partial charge in [0, 0.05) is 58.8 Å². The molecule has 0 saturated carbocycles. The highest BCUT2D eigenvalue weighted by Crippen LogP contribution is 2.32. The Bertz CT molecular complexity index is 1410. The molecule has 2 aromatic heterocycles. The van der Waals surface area contributed by atoms with E-state index in [9.17, 15) is 4.79 Å². The lowest BCUT2D eigenvalue weighted by Crippen LogP contribution is -2.38. The SMILES string of the molecule is CCc1cc(Br)cc(NC(=O)CN2CCc3nc(-c4cccnc4)nc(-c4ccccc4C)c3C2)c1. The van der Waals surface area contributed by atoms with E-state index in [1.807, 2.05) is 36.4 Å². The van der Waals surface area contributed by atoms with Gasteiger partial charge in [0.15, 0.2) is 5.82 Å². The fraction of sp³-hybridized carbons (Fsp3) is 0.241. The number of carbonyl (C=O) groups excluding carboxylic acids is 1. The molecular formula is C29H28BrN5O. The summed E-state index contributed by atoms with van der Waals surface area (Å²) >= 11 is 3.54. The molecule has 0 spiro atoms. The molecule has 1 N–H and O–H groups in total. The molecule has 3 heterocycles. The number of halogens is 1. The number of carbonyl (C=O) groups is 1. The Morgan fingerprint density at radius 1 is 1.11 bits per heavy atom. The molecule has 5 rings (SSSR count). The molecule has 36 heavy (non-hydrogen) atoms. The van der Waals surface area contributed by atoms with Crippen LogP contribution in [0.15, 0.2) is 71.5 Å². The fourth-order valence-electron chi connectivity index (χ4n) is 4.62. The number of rotatable bonds is 6. The highest BCUT2D eigenvalue weighted by atomic mass is 79.9. The standard InChI is InChI=1S/C29H28BrN5O/c1-3-20-13-22(30)15-23(14-20)32-27(36)18-35-12-10-26-25(17-35)28(24-9-5-4-7-19(24)2)34-29(33-26)21-8-6-11-31-16-21/h4-9,11,13-16H,3,10,12,17-18H2,1-2H3,(H,32,36). The van der Waals surface area contributed by atoms with E-state index in [1.54, 1.807) is 12.4 Å². The molecule has 0 aliphatic carbocycles. The van der Waals surface area contributed by atoms with Crippen molar-refractivity contribution in [2.45, 2.75) is 33.2 Å². The Labute approximate surface area is 220 Å². The van der Waals surface area contributed by atoms with Crippen LogP contribution in [0, 0.1) is 6.92 Å². The third kappa shape index (κ3) is 5.37. The van der Waals surface area contributed by atoms with Gasteiger partial charge < -0.3 is 5.32 Å². The number of anilines is 1. The first-order chi connectivity index (χ1) is 17.5. The first-order valence-electron chi connectivity index (χ1n) is 12.2. The lowest BCUT2D eigenvalue weighted by Gasteiger charge is -2.29. The third-order valence-electron chi connectivity index (χ3n) is 6.48. The van der Waals surface area contributed by atoms with Crippen molar-refractivity contribution in [3.05, 3.63) is 93.8 Å². The molecule has 0 atom stereocenters. The second-order valence-corrected chi connectivity index (χ2v) is 10.0. The van der Waals surface area contributed by atoms with Gasteiger partial charge in [0.1, 0.15) is 0 Å². The van der Waals surface area contributed by atoms with Gasteiger partial charge in [-0.05, 0) is 54.8 Å². The summed E-state index contributed by atoms with van der Waals surface area (Å²) in [6.07, 6.45) is 5.22. The average Bonchev–Trinajstić information content (AvgIpc) is 2.88. The number of fused-ring (bicyclic) bond motifs is 1. The van der Waals surface area contributed by atoms with Crippen LogP contribution >= 0.6 is 15.9 Å². The quantitative estimate of drug-likeness (QED) is 0.332. The van der Waals surface area contributed by atoms with Gasteiger partial charge >= 0.3 is 0 Å². The van der Waals surface area contributed by atoms with E-state index in [0.717, 1.165) is 63.2 Å². The number of hydrogen-bond acceptors (Lipinski definition) is 5. The summed E-state index contributed by atoms with van der Waals surface area (Å²) < 4.78 is 0.966. The third-order valence-corrected chi connectivity index (χ3v) is 6.93. The Morgan fingerprint density at radius 3 is 2.75 bits per heavy atom. The molecule has 1 aliphatic rings. The fourth-order valence-corrected chi connectivity index (χ4v) is 5.16. The van der Waals surface area contributed by atoms with Crippen molar-refractivity contribution in [1.82, 2.24) is 19.9 Å². The minimum atomic E-state index is -0.0241. The van der Waals surface area contributed by atoms with Crippen LogP contribution in [0.1, 0.15) is 29.3 Å². The lowest BCUT2D eigenvalue weighted by molar-refractivity contribution is -0.117. The molecule has 0 saturated heterocycles. The van der Waals surface area contributed by atoms with E-state index in [0.29, 0.717) is 18.9 Å². The maximum atomic E-state index is 12.9. The van der Waals surface area contributed by atoms with Crippen molar-refractivity contribution in [2.75, 3.05) is 18.4 Å². The summed E-state index contributed by atoms with van der Waals surface area (Å²) in [6.45, 7) is 5.90. The number of benzene rings is 2. The number of hydrogen-bond donors (Lipinski definition) is 1. The molecule has 6 nitrogen and oxygen atoms in total. The second-order valence-electron chi connectivity index (χ2n) is 9.09. The first-order valence-corrected chi connectivity index (χ1v) is 13.0. The Hall–Kier alpha value is -3.42. The van der Waals surface area contributed by atoms with E-state index in [1.165, 1.54) is 5.56 Å². The van der Waals surface area contributed by atoms with Gasteiger partial charge in [-0.25, -0.2) is 9.97 Å². The highest BCUT2D eigenvalue weighted by Gasteiger charge is 2.25. The minimum absolute atomic E-state index is 0.0241. The van der Waals surface area contributed by atoms with Crippen molar-refractivity contribution >= 4 is 27.5 Å². The molecule has 2 aromatic carbocycles. The lowest BCUT2D eigenvalue weighted by atomic mass is 9.96. The van der Waals surface area contributed by atoms with Gasteiger partial charge in [-0.15, -0.1) is 0 Å². The summed E-state index contributed by atoms with van der Waals surface area (Å²) in [5.74, 6) is 0.664. The topological polar surface area (TPSA) is 71.0 Å². The van der Waals surface area contributed by atoms with E-state index >= 15 is 0 Å². The van der Waals surface area contributed by atoms with Gasteiger partial charge in [-0.2, -0.15) is 0 Å². The zero-order chi connectivity index (χ0) is 25.1. The zero-order valence-corrected chi connectivity index (χ0v) is 22.0. The summed E-state index contributed by atoms with van der Waals surface area (Å²) in [5, 5.41) is 3.07.